The standard InChI is InChI=1S/C24H30N2O6/c1-24(2,3)32-23(28)26-13-12-19(15-26)31-17-8-6-16(7-9-17)25-22(27)20-11-10-18(29-4)14-21(20)30-5/h6-11,14,19H,12-13,15H2,1-5H3,(H,25,27). The van der Waals surface area contributed by atoms with Crippen molar-refractivity contribution in [2.24, 2.45) is 0 Å². The molecule has 1 N–H and O–H groups in total. The van der Waals surface area contributed by atoms with Crippen molar-refractivity contribution in [3.63, 3.8) is 0 Å². The first-order valence-electron chi connectivity index (χ1n) is 10.5. The highest BCUT2D eigenvalue weighted by Crippen LogP contribution is 2.26. The van der Waals surface area contributed by atoms with Crippen LogP contribution in [0.4, 0.5) is 10.5 Å². The highest BCUT2D eigenvalue weighted by molar-refractivity contribution is 6.06. The molecular weight excluding hydrogens is 412 g/mol. The topological polar surface area (TPSA) is 86.3 Å². The summed E-state index contributed by atoms with van der Waals surface area (Å²) < 4.78 is 21.9. The van der Waals surface area contributed by atoms with Crippen LogP contribution >= 0.6 is 0 Å². The van der Waals surface area contributed by atoms with E-state index in [9.17, 15) is 9.59 Å². The van der Waals surface area contributed by atoms with Crippen molar-refractivity contribution in [3.8, 4) is 17.2 Å². The van der Waals surface area contributed by atoms with Crippen molar-refractivity contribution in [2.75, 3.05) is 32.6 Å². The Kier molecular flexibility index (Phi) is 7.12. The van der Waals surface area contributed by atoms with Crippen LogP contribution in [0.5, 0.6) is 17.2 Å². The molecule has 32 heavy (non-hydrogen) atoms. The van der Waals surface area contributed by atoms with E-state index < -0.39 is 5.60 Å². The number of carbonyl (C=O) groups excluding carboxylic acids is 2. The number of likely N-dealkylation sites (tertiary alicyclic amines) is 1. The van der Waals surface area contributed by atoms with Gasteiger partial charge in [-0.1, -0.05) is 0 Å². The number of anilines is 1. The van der Waals surface area contributed by atoms with Crippen LogP contribution in [0.25, 0.3) is 0 Å². The number of methoxy groups -OCH3 is 2. The van der Waals surface area contributed by atoms with Crippen molar-refractivity contribution in [1.82, 2.24) is 4.90 Å². The molecule has 0 saturated carbocycles. The zero-order valence-corrected chi connectivity index (χ0v) is 19.1. The fourth-order valence-electron chi connectivity index (χ4n) is 3.31. The Morgan fingerprint density at radius 2 is 1.69 bits per heavy atom. The molecular formula is C24H30N2O6. The van der Waals surface area contributed by atoms with Crippen LogP contribution in [0.2, 0.25) is 0 Å². The van der Waals surface area contributed by atoms with Gasteiger partial charge in [0.1, 0.15) is 29.0 Å². The second-order valence-electron chi connectivity index (χ2n) is 8.50. The largest absolute Gasteiger partial charge is 0.497 e. The third kappa shape index (κ3) is 6.06. The molecule has 1 unspecified atom stereocenters. The second kappa shape index (κ2) is 9.80. The van der Waals surface area contributed by atoms with E-state index in [1.807, 2.05) is 20.8 Å². The van der Waals surface area contributed by atoms with E-state index in [0.29, 0.717) is 41.6 Å². The van der Waals surface area contributed by atoms with Gasteiger partial charge in [0.05, 0.1) is 26.3 Å². The maximum absolute atomic E-state index is 12.6. The van der Waals surface area contributed by atoms with Gasteiger partial charge in [-0.25, -0.2) is 4.79 Å². The molecule has 1 aliphatic heterocycles. The van der Waals surface area contributed by atoms with Gasteiger partial charge in [-0.15, -0.1) is 0 Å². The van der Waals surface area contributed by atoms with Crippen molar-refractivity contribution in [1.29, 1.82) is 0 Å². The number of benzene rings is 2. The first-order valence-corrected chi connectivity index (χ1v) is 10.5. The Morgan fingerprint density at radius 3 is 2.31 bits per heavy atom. The average molecular weight is 443 g/mol. The van der Waals surface area contributed by atoms with Crippen LogP contribution < -0.4 is 19.5 Å². The van der Waals surface area contributed by atoms with E-state index >= 15 is 0 Å². The molecule has 172 valence electrons. The van der Waals surface area contributed by atoms with E-state index in [4.69, 9.17) is 18.9 Å². The first-order chi connectivity index (χ1) is 15.2. The summed E-state index contributed by atoms with van der Waals surface area (Å²) in [5.41, 5.74) is 0.510. The Labute approximate surface area is 188 Å². The maximum Gasteiger partial charge on any atom is 0.410 e. The molecule has 1 aliphatic rings. The minimum absolute atomic E-state index is 0.105. The smallest absolute Gasteiger partial charge is 0.410 e. The molecule has 2 amide bonds. The van der Waals surface area contributed by atoms with E-state index in [0.717, 1.165) is 6.42 Å². The lowest BCUT2D eigenvalue weighted by Gasteiger charge is -2.24. The zero-order chi connectivity index (χ0) is 23.3. The monoisotopic (exact) mass is 442 g/mol. The molecule has 8 heteroatoms. The van der Waals surface area contributed by atoms with Crippen LogP contribution in [0.1, 0.15) is 37.6 Å². The number of hydrogen-bond donors (Lipinski definition) is 1. The van der Waals surface area contributed by atoms with Gasteiger partial charge in [0.15, 0.2) is 0 Å². The summed E-state index contributed by atoms with van der Waals surface area (Å²) in [4.78, 5) is 26.5. The first kappa shape index (κ1) is 23.2. The normalized spacial score (nSPS) is 15.8. The third-order valence-electron chi connectivity index (χ3n) is 4.86. The molecule has 1 atom stereocenters. The number of rotatable bonds is 6. The molecule has 2 aromatic rings. The van der Waals surface area contributed by atoms with E-state index in [1.54, 1.807) is 54.5 Å². The lowest BCUT2D eigenvalue weighted by Crippen LogP contribution is -2.36. The molecule has 1 saturated heterocycles. The molecule has 0 bridgehead atoms. The van der Waals surface area contributed by atoms with E-state index in [-0.39, 0.29) is 18.1 Å². The molecule has 0 spiro atoms. The van der Waals surface area contributed by atoms with Gasteiger partial charge in [0.2, 0.25) is 0 Å². The van der Waals surface area contributed by atoms with Crippen LogP contribution in [-0.2, 0) is 4.74 Å². The van der Waals surface area contributed by atoms with Crippen LogP contribution in [0, 0.1) is 0 Å². The zero-order valence-electron chi connectivity index (χ0n) is 19.1. The lowest BCUT2D eigenvalue weighted by atomic mass is 10.1. The van der Waals surface area contributed by atoms with Crippen molar-refractivity contribution >= 4 is 17.7 Å². The summed E-state index contributed by atoms with van der Waals surface area (Å²) >= 11 is 0. The minimum Gasteiger partial charge on any atom is -0.497 e. The Hall–Kier alpha value is -3.42. The molecule has 1 fully saturated rings. The summed E-state index contributed by atoms with van der Waals surface area (Å²) in [6.45, 7) is 6.61. The summed E-state index contributed by atoms with van der Waals surface area (Å²) in [6.07, 6.45) is 0.303. The summed E-state index contributed by atoms with van der Waals surface area (Å²) in [5, 5.41) is 2.85. The van der Waals surface area contributed by atoms with E-state index in [1.165, 1.54) is 7.11 Å². The highest BCUT2D eigenvalue weighted by Gasteiger charge is 2.30. The Morgan fingerprint density at radius 1 is 1.00 bits per heavy atom. The Bertz CT molecular complexity index is 952. The SMILES string of the molecule is COc1ccc(C(=O)Nc2ccc(OC3CCN(C(=O)OC(C)(C)C)C3)cc2)c(OC)c1. The van der Waals surface area contributed by atoms with Gasteiger partial charge in [-0.3, -0.25) is 4.79 Å². The maximum atomic E-state index is 12.6. The van der Waals surface area contributed by atoms with Crippen molar-refractivity contribution in [2.45, 2.75) is 38.9 Å². The van der Waals surface area contributed by atoms with Gasteiger partial charge in [0, 0.05) is 24.7 Å². The summed E-state index contributed by atoms with van der Waals surface area (Å²) in [6, 6.07) is 12.1. The summed E-state index contributed by atoms with van der Waals surface area (Å²) in [5.74, 6) is 1.41. The average Bonchev–Trinajstić information content (AvgIpc) is 3.22. The molecule has 8 nitrogen and oxygen atoms in total. The quantitative estimate of drug-likeness (QED) is 0.716. The summed E-state index contributed by atoms with van der Waals surface area (Å²) in [7, 11) is 3.06. The molecule has 0 aromatic heterocycles. The van der Waals surface area contributed by atoms with Crippen LogP contribution in [-0.4, -0.2) is 55.9 Å². The van der Waals surface area contributed by atoms with Crippen molar-refractivity contribution < 1.29 is 28.5 Å². The minimum atomic E-state index is -0.522. The number of carbonyl (C=O) groups is 2. The predicted octanol–water partition coefficient (Wildman–Crippen LogP) is 4.34. The molecule has 2 aromatic carbocycles. The molecule has 0 aliphatic carbocycles. The van der Waals surface area contributed by atoms with Gasteiger partial charge in [-0.05, 0) is 57.2 Å². The Balaban J connectivity index is 1.56. The third-order valence-corrected chi connectivity index (χ3v) is 4.86. The fraction of sp³-hybridized carbons (Fsp3) is 0.417. The van der Waals surface area contributed by atoms with Crippen LogP contribution in [0.3, 0.4) is 0 Å². The fourth-order valence-corrected chi connectivity index (χ4v) is 3.31. The number of nitrogens with zero attached hydrogens (tertiary/aromatic N) is 1. The number of ether oxygens (including phenoxy) is 4. The number of nitrogens with one attached hydrogen (secondary N) is 1. The highest BCUT2D eigenvalue weighted by atomic mass is 16.6. The van der Waals surface area contributed by atoms with Crippen LogP contribution in [0.15, 0.2) is 42.5 Å². The van der Waals surface area contributed by atoms with Crippen molar-refractivity contribution in [3.05, 3.63) is 48.0 Å². The second-order valence-corrected chi connectivity index (χ2v) is 8.50. The van der Waals surface area contributed by atoms with Gasteiger partial charge >= 0.3 is 6.09 Å². The lowest BCUT2D eigenvalue weighted by molar-refractivity contribution is 0.0275. The number of amides is 2. The van der Waals surface area contributed by atoms with Gasteiger partial charge < -0.3 is 29.2 Å². The predicted molar refractivity (Wildman–Crippen MR) is 121 cm³/mol. The molecule has 0 radical (unpaired) electrons. The molecule has 3 rings (SSSR count). The van der Waals surface area contributed by atoms with Gasteiger partial charge in [0.25, 0.3) is 5.91 Å². The molecule has 1 heterocycles. The van der Waals surface area contributed by atoms with E-state index in [2.05, 4.69) is 5.32 Å². The van der Waals surface area contributed by atoms with Gasteiger partial charge in [-0.2, -0.15) is 0 Å². The number of hydrogen-bond acceptors (Lipinski definition) is 6.